The molecule has 0 radical (unpaired) electrons. The van der Waals surface area contributed by atoms with Crippen molar-refractivity contribution in [1.29, 1.82) is 0 Å². The van der Waals surface area contributed by atoms with Crippen LogP contribution in [0.5, 0.6) is 5.75 Å². The summed E-state index contributed by atoms with van der Waals surface area (Å²) in [4.78, 5) is 16.8. The minimum atomic E-state index is -0.926. The van der Waals surface area contributed by atoms with Crippen LogP contribution in [0.3, 0.4) is 0 Å². The van der Waals surface area contributed by atoms with Crippen LogP contribution >= 0.6 is 11.8 Å². The fraction of sp³-hybridized carbons (Fsp3) is 0.111. The number of nitrogens with zero attached hydrogens (tertiary/aromatic N) is 1. The molecule has 33 heavy (non-hydrogen) atoms. The van der Waals surface area contributed by atoms with Gasteiger partial charge in [-0.05, 0) is 53.6 Å². The zero-order valence-electron chi connectivity index (χ0n) is 18.2. The molecule has 1 heterocycles. The Kier molecular flexibility index (Phi) is 7.27. The maximum Gasteiger partial charge on any atom is 0.335 e. The molecule has 0 unspecified atom stereocenters. The van der Waals surface area contributed by atoms with Crippen LogP contribution in [0.15, 0.2) is 95.5 Å². The molecule has 5 nitrogen and oxygen atoms in total. The summed E-state index contributed by atoms with van der Waals surface area (Å²) in [6.45, 7) is 0.637. The Bertz CT molecular complexity index is 1290. The van der Waals surface area contributed by atoms with Crippen LogP contribution in [0.2, 0.25) is 0 Å². The van der Waals surface area contributed by atoms with Crippen LogP contribution in [0.4, 0.5) is 5.69 Å². The second kappa shape index (κ2) is 10.7. The molecule has 4 rings (SSSR count). The first kappa shape index (κ1) is 22.4. The second-order valence-corrected chi connectivity index (χ2v) is 8.52. The lowest BCUT2D eigenvalue weighted by Gasteiger charge is -2.12. The molecule has 2 N–H and O–H groups in total. The topological polar surface area (TPSA) is 71.5 Å². The highest BCUT2D eigenvalue weighted by molar-refractivity contribution is 7.99. The zero-order valence-corrected chi connectivity index (χ0v) is 19.0. The number of carbonyl (C=O) groups is 1. The van der Waals surface area contributed by atoms with Gasteiger partial charge in [-0.15, -0.1) is 11.8 Å². The van der Waals surface area contributed by atoms with E-state index in [0.717, 1.165) is 38.6 Å². The number of hydrogen-bond donors (Lipinski definition) is 2. The molecule has 0 bridgehead atoms. The quantitative estimate of drug-likeness (QED) is 0.291. The summed E-state index contributed by atoms with van der Waals surface area (Å²) in [5, 5.41) is 13.7. The molecule has 0 saturated carbocycles. The number of aromatic nitrogens is 1. The Hall–Kier alpha value is -3.77. The SMILES string of the molecule is COc1cccc(SCC(=Cc2ccc(C(=O)O)cc2)CNc2cnc3ccccc3c2)c1. The van der Waals surface area contributed by atoms with E-state index in [-0.39, 0.29) is 5.56 Å². The van der Waals surface area contributed by atoms with Gasteiger partial charge in [-0.1, -0.05) is 42.5 Å². The number of aromatic carboxylic acids is 1. The van der Waals surface area contributed by atoms with E-state index in [4.69, 9.17) is 9.84 Å². The van der Waals surface area contributed by atoms with Gasteiger partial charge in [0.15, 0.2) is 0 Å². The van der Waals surface area contributed by atoms with E-state index < -0.39 is 5.97 Å². The number of fused-ring (bicyclic) bond motifs is 1. The third kappa shape index (κ3) is 6.14. The van der Waals surface area contributed by atoms with Crippen LogP contribution < -0.4 is 10.1 Å². The minimum absolute atomic E-state index is 0.278. The molecule has 3 aromatic carbocycles. The molecule has 0 fully saturated rings. The minimum Gasteiger partial charge on any atom is -0.497 e. The summed E-state index contributed by atoms with van der Waals surface area (Å²) in [5.74, 6) is 0.668. The van der Waals surface area contributed by atoms with Crippen molar-refractivity contribution < 1.29 is 14.6 Å². The predicted molar refractivity (Wildman–Crippen MR) is 135 cm³/mol. The second-order valence-electron chi connectivity index (χ2n) is 7.47. The smallest absolute Gasteiger partial charge is 0.335 e. The standard InChI is InChI=1S/C27H24N2O3S/c1-32-24-6-4-7-25(15-24)33-18-20(13-19-9-11-21(12-10-19)27(30)31)16-28-23-14-22-5-2-3-8-26(22)29-17-23/h2-15,17,28H,16,18H2,1H3,(H,30,31). The number of para-hydroxylation sites is 1. The number of thioether (sulfide) groups is 1. The molecular formula is C27H24N2O3S. The monoisotopic (exact) mass is 456 g/mol. The van der Waals surface area contributed by atoms with Crippen LogP contribution in [-0.2, 0) is 0 Å². The van der Waals surface area contributed by atoms with Crippen molar-refractivity contribution >= 4 is 40.4 Å². The molecule has 0 spiro atoms. The Labute approximate surface area is 197 Å². The Morgan fingerprint density at radius 3 is 2.67 bits per heavy atom. The number of anilines is 1. The summed E-state index contributed by atoms with van der Waals surface area (Å²) in [5.41, 5.74) is 4.32. The predicted octanol–water partition coefficient (Wildman–Crippen LogP) is 6.23. The first-order valence-corrected chi connectivity index (χ1v) is 11.5. The molecule has 0 aliphatic carbocycles. The van der Waals surface area contributed by atoms with Crippen LogP contribution in [0.1, 0.15) is 15.9 Å². The molecule has 0 amide bonds. The maximum absolute atomic E-state index is 11.2. The molecular weight excluding hydrogens is 432 g/mol. The first-order valence-electron chi connectivity index (χ1n) is 10.5. The highest BCUT2D eigenvalue weighted by atomic mass is 32.2. The summed E-state index contributed by atoms with van der Waals surface area (Å²) >= 11 is 1.73. The van der Waals surface area contributed by atoms with Gasteiger partial charge in [-0.3, -0.25) is 4.98 Å². The van der Waals surface area contributed by atoms with Crippen LogP contribution in [0, 0.1) is 0 Å². The number of hydrogen-bond acceptors (Lipinski definition) is 5. The number of rotatable bonds is 9. The zero-order chi connectivity index (χ0) is 23.0. The van der Waals surface area contributed by atoms with Gasteiger partial charge in [-0.2, -0.15) is 0 Å². The average Bonchev–Trinajstić information content (AvgIpc) is 2.86. The molecule has 0 aliphatic heterocycles. The highest BCUT2D eigenvalue weighted by Gasteiger charge is 2.06. The van der Waals surface area contributed by atoms with E-state index in [1.165, 1.54) is 5.57 Å². The van der Waals surface area contributed by atoms with E-state index >= 15 is 0 Å². The summed E-state index contributed by atoms with van der Waals surface area (Å²) in [6.07, 6.45) is 3.94. The number of ether oxygens (including phenoxy) is 1. The van der Waals surface area contributed by atoms with Gasteiger partial charge in [0.1, 0.15) is 5.75 Å². The Morgan fingerprint density at radius 1 is 1.06 bits per heavy atom. The fourth-order valence-electron chi connectivity index (χ4n) is 3.35. The van der Waals surface area contributed by atoms with Crippen molar-refractivity contribution in [3.05, 3.63) is 102 Å². The van der Waals surface area contributed by atoms with Gasteiger partial charge >= 0.3 is 5.97 Å². The molecule has 166 valence electrons. The Balaban J connectivity index is 1.53. The van der Waals surface area contributed by atoms with E-state index in [2.05, 4.69) is 28.5 Å². The highest BCUT2D eigenvalue weighted by Crippen LogP contribution is 2.26. The number of carboxylic acid groups (broad SMARTS) is 1. The van der Waals surface area contributed by atoms with Gasteiger partial charge in [0.25, 0.3) is 0 Å². The Morgan fingerprint density at radius 2 is 1.88 bits per heavy atom. The molecule has 1 aromatic heterocycles. The van der Waals surface area contributed by atoms with Crippen molar-refractivity contribution in [1.82, 2.24) is 4.98 Å². The van der Waals surface area contributed by atoms with Gasteiger partial charge in [0.2, 0.25) is 0 Å². The van der Waals surface area contributed by atoms with Gasteiger partial charge < -0.3 is 15.2 Å². The third-order valence-corrected chi connectivity index (χ3v) is 6.21. The van der Waals surface area contributed by atoms with Crippen LogP contribution in [0.25, 0.3) is 17.0 Å². The molecule has 0 saturated heterocycles. The largest absolute Gasteiger partial charge is 0.497 e. The van der Waals surface area contributed by atoms with Gasteiger partial charge in [0.05, 0.1) is 30.1 Å². The normalized spacial score (nSPS) is 11.4. The molecule has 0 aliphatic rings. The van der Waals surface area contributed by atoms with Crippen molar-refractivity contribution in [3.63, 3.8) is 0 Å². The lowest BCUT2D eigenvalue weighted by molar-refractivity contribution is 0.0697. The summed E-state index contributed by atoms with van der Waals surface area (Å²) in [6, 6.07) is 25.0. The van der Waals surface area contributed by atoms with Crippen LogP contribution in [-0.4, -0.2) is 35.5 Å². The molecule has 0 atom stereocenters. The van der Waals surface area contributed by atoms with Gasteiger partial charge in [-0.25, -0.2) is 4.79 Å². The average molecular weight is 457 g/mol. The third-order valence-electron chi connectivity index (χ3n) is 5.10. The summed E-state index contributed by atoms with van der Waals surface area (Å²) in [7, 11) is 1.66. The van der Waals surface area contributed by atoms with Crippen molar-refractivity contribution in [2.24, 2.45) is 0 Å². The number of carboxylic acids is 1. The molecule has 6 heteroatoms. The van der Waals surface area contributed by atoms with Gasteiger partial charge in [0, 0.05) is 22.6 Å². The van der Waals surface area contributed by atoms with E-state index in [1.54, 1.807) is 31.0 Å². The number of nitrogens with one attached hydrogen (secondary N) is 1. The van der Waals surface area contributed by atoms with E-state index in [9.17, 15) is 4.79 Å². The maximum atomic E-state index is 11.2. The summed E-state index contributed by atoms with van der Waals surface area (Å²) < 4.78 is 5.33. The lowest BCUT2D eigenvalue weighted by Crippen LogP contribution is -2.07. The van der Waals surface area contributed by atoms with Crippen molar-refractivity contribution in [2.75, 3.05) is 24.7 Å². The number of pyridine rings is 1. The van der Waals surface area contributed by atoms with Crippen molar-refractivity contribution in [2.45, 2.75) is 4.90 Å². The van der Waals surface area contributed by atoms with Crippen molar-refractivity contribution in [3.8, 4) is 5.75 Å². The lowest BCUT2D eigenvalue weighted by atomic mass is 10.1. The molecule has 4 aromatic rings. The van der Waals surface area contributed by atoms with E-state index in [0.29, 0.717) is 6.54 Å². The fourth-order valence-corrected chi connectivity index (χ4v) is 4.26. The number of methoxy groups -OCH3 is 1. The first-order chi connectivity index (χ1) is 16.1. The van der Waals surface area contributed by atoms with E-state index in [1.807, 2.05) is 60.8 Å². The number of benzene rings is 3.